The molecule has 5 heteroatoms. The zero-order valence-corrected chi connectivity index (χ0v) is 6.10. The molecule has 5 nitrogen and oxygen atoms in total. The van der Waals surface area contributed by atoms with Crippen LogP contribution in [0.1, 0.15) is 0 Å². The lowest BCUT2D eigenvalue weighted by molar-refractivity contribution is -0.140. The monoisotopic (exact) mass is 169 g/mol. The average Bonchev–Trinajstić information content (AvgIpc) is 2.23. The minimum Gasteiger partial charge on any atom is -0.380 e. The molecule has 2 atom stereocenters. The highest BCUT2D eigenvalue weighted by Gasteiger charge is 2.45. The Labute approximate surface area is 68.6 Å². The summed E-state index contributed by atoms with van der Waals surface area (Å²) in [6, 6.07) is 0. The number of carbonyl (C=O) groups excluding carboxylic acids is 2. The van der Waals surface area contributed by atoms with Crippen LogP contribution in [0.25, 0.3) is 0 Å². The van der Waals surface area contributed by atoms with E-state index in [0.29, 0.717) is 4.90 Å². The largest absolute Gasteiger partial charge is 0.380 e. The van der Waals surface area contributed by atoms with E-state index in [1.165, 1.54) is 0 Å². The van der Waals surface area contributed by atoms with Crippen LogP contribution in [0.3, 0.4) is 0 Å². The molecule has 2 amide bonds. The molecule has 1 aliphatic rings. The predicted molar refractivity (Wildman–Crippen MR) is 37.6 cm³/mol. The standard InChI is InChI=1S/C7H7NO4/c1-2-3-8-6(11)4(9)5(10)7(8)12/h1,4-5,9-10H,3H2/t4-,5-/m1/s1. The van der Waals surface area contributed by atoms with Crippen molar-refractivity contribution in [1.82, 2.24) is 4.90 Å². The van der Waals surface area contributed by atoms with Crippen molar-refractivity contribution >= 4 is 11.8 Å². The van der Waals surface area contributed by atoms with Crippen molar-refractivity contribution in [1.29, 1.82) is 0 Å². The second kappa shape index (κ2) is 2.93. The topological polar surface area (TPSA) is 77.8 Å². The van der Waals surface area contributed by atoms with E-state index in [0.717, 1.165) is 0 Å². The highest BCUT2D eigenvalue weighted by atomic mass is 16.4. The summed E-state index contributed by atoms with van der Waals surface area (Å²) in [5.41, 5.74) is 0. The molecule has 0 radical (unpaired) electrons. The minimum absolute atomic E-state index is 0.216. The minimum atomic E-state index is -1.66. The van der Waals surface area contributed by atoms with Gasteiger partial charge in [0.2, 0.25) is 0 Å². The number of hydrogen-bond acceptors (Lipinski definition) is 4. The maximum atomic E-state index is 10.9. The normalized spacial score (nSPS) is 29.2. The van der Waals surface area contributed by atoms with Crippen LogP contribution in [0.5, 0.6) is 0 Å². The number of terminal acetylenes is 1. The van der Waals surface area contributed by atoms with Gasteiger partial charge in [0.1, 0.15) is 0 Å². The van der Waals surface area contributed by atoms with Crippen LogP contribution in [-0.2, 0) is 9.59 Å². The molecule has 1 fully saturated rings. The van der Waals surface area contributed by atoms with Crippen LogP contribution in [0.15, 0.2) is 0 Å². The number of likely N-dealkylation sites (tertiary alicyclic amines) is 1. The number of rotatable bonds is 1. The number of imide groups is 1. The van der Waals surface area contributed by atoms with Gasteiger partial charge in [0.15, 0.2) is 12.2 Å². The van der Waals surface area contributed by atoms with Gasteiger partial charge in [0.05, 0.1) is 6.54 Å². The van der Waals surface area contributed by atoms with Gasteiger partial charge in [-0.15, -0.1) is 6.42 Å². The number of aliphatic hydroxyl groups excluding tert-OH is 2. The lowest BCUT2D eigenvalue weighted by Crippen LogP contribution is -2.32. The van der Waals surface area contributed by atoms with Crippen LogP contribution in [0.4, 0.5) is 0 Å². The van der Waals surface area contributed by atoms with Crippen molar-refractivity contribution in [3.8, 4) is 12.3 Å². The van der Waals surface area contributed by atoms with Crippen LogP contribution in [0, 0.1) is 12.3 Å². The number of amides is 2. The molecule has 0 aliphatic carbocycles. The fourth-order valence-corrected chi connectivity index (χ4v) is 0.945. The molecule has 0 aromatic rings. The van der Waals surface area contributed by atoms with Gasteiger partial charge in [-0.2, -0.15) is 0 Å². The quantitative estimate of drug-likeness (QED) is 0.342. The molecule has 0 spiro atoms. The Kier molecular flexibility index (Phi) is 2.13. The van der Waals surface area contributed by atoms with Crippen molar-refractivity contribution in [2.45, 2.75) is 12.2 Å². The molecule has 0 aromatic heterocycles. The Morgan fingerprint density at radius 1 is 1.33 bits per heavy atom. The molecule has 0 aromatic carbocycles. The molecule has 0 unspecified atom stereocenters. The van der Waals surface area contributed by atoms with Crippen LogP contribution < -0.4 is 0 Å². The first-order chi connectivity index (χ1) is 5.59. The summed E-state index contributed by atoms with van der Waals surface area (Å²) in [4.78, 5) is 22.5. The van der Waals surface area contributed by atoms with Gasteiger partial charge in [-0.1, -0.05) is 5.92 Å². The maximum absolute atomic E-state index is 10.9. The van der Waals surface area contributed by atoms with Crippen LogP contribution in [-0.4, -0.2) is 45.7 Å². The molecule has 1 saturated heterocycles. The van der Waals surface area contributed by atoms with Crippen LogP contribution in [0.2, 0.25) is 0 Å². The highest BCUT2D eigenvalue weighted by molar-refractivity contribution is 6.07. The van der Waals surface area contributed by atoms with Crippen LogP contribution >= 0.6 is 0 Å². The SMILES string of the molecule is C#CCN1C(=O)[C@H](O)[C@@H](O)C1=O. The average molecular weight is 169 g/mol. The van der Waals surface area contributed by atoms with Crippen molar-refractivity contribution in [2.75, 3.05) is 6.54 Å². The summed E-state index contributed by atoms with van der Waals surface area (Å²) in [7, 11) is 0. The van der Waals surface area contributed by atoms with E-state index < -0.39 is 24.0 Å². The first-order valence-corrected chi connectivity index (χ1v) is 3.24. The second-order valence-corrected chi connectivity index (χ2v) is 2.36. The molecule has 0 bridgehead atoms. The number of nitrogens with zero attached hydrogens (tertiary/aromatic N) is 1. The van der Waals surface area contributed by atoms with Gasteiger partial charge >= 0.3 is 0 Å². The van der Waals surface area contributed by atoms with Gasteiger partial charge in [-0.3, -0.25) is 14.5 Å². The Morgan fingerprint density at radius 3 is 2.08 bits per heavy atom. The van der Waals surface area contributed by atoms with Gasteiger partial charge in [0, 0.05) is 0 Å². The number of carbonyl (C=O) groups is 2. The third-order valence-corrected chi connectivity index (χ3v) is 1.59. The summed E-state index contributed by atoms with van der Waals surface area (Å²) < 4.78 is 0. The smallest absolute Gasteiger partial charge is 0.262 e. The van der Waals surface area contributed by atoms with Gasteiger partial charge in [0.25, 0.3) is 11.8 Å². The fraction of sp³-hybridized carbons (Fsp3) is 0.429. The summed E-state index contributed by atoms with van der Waals surface area (Å²) in [5.74, 6) is 0.389. The van der Waals surface area contributed by atoms with Gasteiger partial charge in [-0.05, 0) is 0 Å². The van der Waals surface area contributed by atoms with E-state index in [4.69, 9.17) is 16.6 Å². The summed E-state index contributed by atoms with van der Waals surface area (Å²) in [6.45, 7) is -0.216. The zero-order chi connectivity index (χ0) is 9.30. The van der Waals surface area contributed by atoms with E-state index in [2.05, 4.69) is 5.92 Å². The fourth-order valence-electron chi connectivity index (χ4n) is 0.945. The van der Waals surface area contributed by atoms with E-state index in [1.54, 1.807) is 0 Å². The molecular weight excluding hydrogens is 162 g/mol. The van der Waals surface area contributed by atoms with E-state index >= 15 is 0 Å². The molecule has 1 heterocycles. The lowest BCUT2D eigenvalue weighted by atomic mass is 10.2. The lowest BCUT2D eigenvalue weighted by Gasteiger charge is -2.07. The molecular formula is C7H7NO4. The first-order valence-electron chi connectivity index (χ1n) is 3.24. The highest BCUT2D eigenvalue weighted by Crippen LogP contribution is 2.12. The van der Waals surface area contributed by atoms with Gasteiger partial charge in [-0.25, -0.2) is 0 Å². The van der Waals surface area contributed by atoms with E-state index in [1.807, 2.05) is 0 Å². The molecule has 12 heavy (non-hydrogen) atoms. The molecule has 1 aliphatic heterocycles. The number of aliphatic hydroxyl groups is 2. The van der Waals surface area contributed by atoms with Crippen molar-refractivity contribution in [2.24, 2.45) is 0 Å². The Bertz CT molecular complexity index is 247. The Morgan fingerprint density at radius 2 is 1.75 bits per heavy atom. The Balaban J connectivity index is 2.85. The third kappa shape index (κ3) is 1.07. The molecule has 0 saturated carbocycles. The first kappa shape index (κ1) is 8.71. The Hall–Kier alpha value is -1.38. The van der Waals surface area contributed by atoms with Crippen molar-refractivity contribution < 1.29 is 19.8 Å². The molecule has 2 N–H and O–H groups in total. The van der Waals surface area contributed by atoms with Crippen molar-refractivity contribution in [3.05, 3.63) is 0 Å². The molecule has 64 valence electrons. The van der Waals surface area contributed by atoms with Gasteiger partial charge < -0.3 is 10.2 Å². The third-order valence-electron chi connectivity index (χ3n) is 1.59. The van der Waals surface area contributed by atoms with E-state index in [-0.39, 0.29) is 6.54 Å². The summed E-state index contributed by atoms with van der Waals surface area (Å²) >= 11 is 0. The zero-order valence-electron chi connectivity index (χ0n) is 6.10. The predicted octanol–water partition coefficient (Wildman–Crippen LogP) is -2.29. The second-order valence-electron chi connectivity index (χ2n) is 2.36. The maximum Gasteiger partial charge on any atom is 0.262 e. The van der Waals surface area contributed by atoms with Crippen molar-refractivity contribution in [3.63, 3.8) is 0 Å². The number of hydrogen-bond donors (Lipinski definition) is 2. The summed E-state index contributed by atoms with van der Waals surface area (Å²) in [6.07, 6.45) is 1.54. The summed E-state index contributed by atoms with van der Waals surface area (Å²) in [5, 5.41) is 17.8. The van der Waals surface area contributed by atoms with E-state index in [9.17, 15) is 9.59 Å². The molecule has 1 rings (SSSR count).